The second-order valence-corrected chi connectivity index (χ2v) is 9.33. The molecule has 3 aromatic rings. The number of hydrogen-bond donors (Lipinski definition) is 1. The number of fused-ring (bicyclic) bond motifs is 1. The van der Waals surface area contributed by atoms with Crippen LogP contribution in [0.5, 0.6) is 11.5 Å². The van der Waals surface area contributed by atoms with Crippen molar-refractivity contribution in [3.63, 3.8) is 0 Å². The third-order valence-corrected chi connectivity index (χ3v) is 6.69. The Morgan fingerprint density at radius 2 is 1.87 bits per heavy atom. The zero-order valence-electron chi connectivity index (χ0n) is 22.5. The average Bonchev–Trinajstić information content (AvgIpc) is 2.92. The summed E-state index contributed by atoms with van der Waals surface area (Å²) in [7, 11) is 1.64. The number of benzene rings is 2. The molecule has 4 rings (SSSR count). The minimum atomic E-state index is -0.0846. The molecule has 1 atom stereocenters. The summed E-state index contributed by atoms with van der Waals surface area (Å²) < 4.78 is 18.8. The van der Waals surface area contributed by atoms with E-state index in [1.165, 1.54) is 0 Å². The van der Waals surface area contributed by atoms with Crippen molar-refractivity contribution < 1.29 is 19.0 Å². The summed E-state index contributed by atoms with van der Waals surface area (Å²) in [5, 5.41) is 3.85. The van der Waals surface area contributed by atoms with E-state index in [-0.39, 0.29) is 17.6 Å². The topological polar surface area (TPSA) is 85.3 Å². The molecule has 9 heteroatoms. The van der Waals surface area contributed by atoms with E-state index in [0.717, 1.165) is 16.7 Å². The van der Waals surface area contributed by atoms with Gasteiger partial charge in [-0.15, -0.1) is 0 Å². The van der Waals surface area contributed by atoms with Gasteiger partial charge in [-0.05, 0) is 49.6 Å². The van der Waals surface area contributed by atoms with Gasteiger partial charge in [-0.3, -0.25) is 9.69 Å². The Morgan fingerprint density at radius 3 is 2.61 bits per heavy atom. The van der Waals surface area contributed by atoms with Crippen LogP contribution in [-0.4, -0.2) is 79.5 Å². The van der Waals surface area contributed by atoms with Crippen LogP contribution >= 0.6 is 0 Å². The Kier molecular flexibility index (Phi) is 9.75. The third kappa shape index (κ3) is 6.72. The number of methoxy groups -OCH3 is 1. The largest absolute Gasteiger partial charge is 0.457 e. The number of amides is 2. The fraction of sp³-hybridized carbons (Fsp3) is 0.448. The first-order valence-corrected chi connectivity index (χ1v) is 13.3. The molecule has 0 aliphatic carbocycles. The van der Waals surface area contributed by atoms with Gasteiger partial charge in [0.2, 0.25) is 0 Å². The normalized spacial score (nSPS) is 16.1. The lowest BCUT2D eigenvalue weighted by Gasteiger charge is -2.41. The summed E-state index contributed by atoms with van der Waals surface area (Å²) in [5.74, 6) is 1.41. The summed E-state index contributed by atoms with van der Waals surface area (Å²) in [4.78, 5) is 30.3. The summed E-state index contributed by atoms with van der Waals surface area (Å²) in [5.41, 5.74) is 1.49. The Morgan fingerprint density at radius 1 is 1.05 bits per heavy atom. The number of piperazine rings is 1. The molecule has 1 aliphatic heterocycles. The lowest BCUT2D eigenvalue weighted by molar-refractivity contribution is 0.0422. The van der Waals surface area contributed by atoms with Crippen molar-refractivity contribution in [2.24, 2.45) is 0 Å². The SMILES string of the molecule is CCNC(=O)N1CCN(Cc2cc3ccc(Oc4ccccc4)cc3n(CCOCC)c2=O)CC1COC. The number of aromatic nitrogens is 1. The highest BCUT2D eigenvalue weighted by Crippen LogP contribution is 2.26. The number of carbonyl (C=O) groups excluding carboxylic acids is 1. The summed E-state index contributed by atoms with van der Waals surface area (Å²) in [6.07, 6.45) is 0. The van der Waals surface area contributed by atoms with E-state index >= 15 is 0 Å². The van der Waals surface area contributed by atoms with Gasteiger partial charge in [0.15, 0.2) is 0 Å². The van der Waals surface area contributed by atoms with Gasteiger partial charge in [-0.2, -0.15) is 0 Å². The Bertz CT molecular complexity index is 1260. The molecule has 2 aromatic carbocycles. The first kappa shape index (κ1) is 27.6. The highest BCUT2D eigenvalue weighted by atomic mass is 16.5. The van der Waals surface area contributed by atoms with Gasteiger partial charge in [0.25, 0.3) is 5.56 Å². The van der Waals surface area contributed by atoms with Crippen molar-refractivity contribution in [1.29, 1.82) is 0 Å². The first-order chi connectivity index (χ1) is 18.5. The molecule has 0 spiro atoms. The van der Waals surface area contributed by atoms with E-state index in [2.05, 4.69) is 10.2 Å². The van der Waals surface area contributed by atoms with E-state index in [1.54, 1.807) is 11.7 Å². The molecule has 9 nitrogen and oxygen atoms in total. The van der Waals surface area contributed by atoms with Crippen molar-refractivity contribution in [3.8, 4) is 11.5 Å². The predicted molar refractivity (Wildman–Crippen MR) is 148 cm³/mol. The standard InChI is InChI=1S/C29H38N4O5/c1-4-30-29(35)32-14-13-31(20-24(32)21-36-3)19-23-17-22-11-12-26(38-25-9-7-6-8-10-25)18-27(22)33(28(23)34)15-16-37-5-2/h6-12,17-18,24H,4-5,13-16,19-21H2,1-3H3,(H,30,35). The minimum Gasteiger partial charge on any atom is -0.457 e. The van der Waals surface area contributed by atoms with E-state index in [4.69, 9.17) is 14.2 Å². The van der Waals surface area contributed by atoms with Crippen LogP contribution in [0.25, 0.3) is 10.9 Å². The van der Waals surface area contributed by atoms with Gasteiger partial charge < -0.3 is 29.0 Å². The van der Waals surface area contributed by atoms with Gasteiger partial charge in [-0.25, -0.2) is 4.79 Å². The highest BCUT2D eigenvalue weighted by molar-refractivity contribution is 5.81. The van der Waals surface area contributed by atoms with Crippen molar-refractivity contribution in [3.05, 3.63) is 70.5 Å². The Labute approximate surface area is 223 Å². The number of pyridine rings is 1. The molecule has 0 bridgehead atoms. The molecule has 1 N–H and O–H groups in total. The lowest BCUT2D eigenvalue weighted by Crippen LogP contribution is -2.58. The fourth-order valence-corrected chi connectivity index (χ4v) is 4.89. The number of nitrogens with zero attached hydrogens (tertiary/aromatic N) is 3. The van der Waals surface area contributed by atoms with Crippen LogP contribution in [-0.2, 0) is 22.6 Å². The number of nitrogens with one attached hydrogen (secondary N) is 1. The van der Waals surface area contributed by atoms with Crippen LogP contribution in [0.1, 0.15) is 19.4 Å². The number of rotatable bonds is 11. The maximum atomic E-state index is 13.7. The van der Waals surface area contributed by atoms with Crippen molar-refractivity contribution in [1.82, 2.24) is 19.7 Å². The maximum Gasteiger partial charge on any atom is 0.317 e. The fourth-order valence-electron chi connectivity index (χ4n) is 4.89. The molecular formula is C29H38N4O5. The summed E-state index contributed by atoms with van der Waals surface area (Å²) in [6, 6.07) is 17.2. The highest BCUT2D eigenvalue weighted by Gasteiger charge is 2.30. The predicted octanol–water partition coefficient (Wildman–Crippen LogP) is 3.69. The molecule has 1 aromatic heterocycles. The molecule has 1 unspecified atom stereocenters. The first-order valence-electron chi connectivity index (χ1n) is 13.3. The van der Waals surface area contributed by atoms with Crippen molar-refractivity contribution in [2.45, 2.75) is 33.0 Å². The zero-order chi connectivity index (χ0) is 26.9. The van der Waals surface area contributed by atoms with Crippen LogP contribution < -0.4 is 15.6 Å². The van der Waals surface area contributed by atoms with Gasteiger partial charge in [-0.1, -0.05) is 18.2 Å². The monoisotopic (exact) mass is 522 g/mol. The number of carbonyl (C=O) groups is 1. The molecule has 204 valence electrons. The smallest absolute Gasteiger partial charge is 0.317 e. The van der Waals surface area contributed by atoms with Crippen LogP contribution in [0.15, 0.2) is 59.4 Å². The molecule has 1 saturated heterocycles. The average molecular weight is 523 g/mol. The molecule has 2 heterocycles. The third-order valence-electron chi connectivity index (χ3n) is 6.69. The van der Waals surface area contributed by atoms with E-state index in [0.29, 0.717) is 70.4 Å². The van der Waals surface area contributed by atoms with Crippen LogP contribution in [0.2, 0.25) is 0 Å². The van der Waals surface area contributed by atoms with E-state index in [9.17, 15) is 9.59 Å². The summed E-state index contributed by atoms with van der Waals surface area (Å²) >= 11 is 0. The number of hydrogen-bond acceptors (Lipinski definition) is 6. The molecule has 2 amide bonds. The Hall–Kier alpha value is -3.40. The lowest BCUT2D eigenvalue weighted by atomic mass is 10.1. The zero-order valence-corrected chi connectivity index (χ0v) is 22.5. The molecule has 0 saturated carbocycles. The van der Waals surface area contributed by atoms with Crippen LogP contribution in [0, 0.1) is 0 Å². The number of para-hydroxylation sites is 1. The van der Waals surface area contributed by atoms with Gasteiger partial charge in [0.05, 0.1) is 24.8 Å². The van der Waals surface area contributed by atoms with Gasteiger partial charge >= 0.3 is 6.03 Å². The second-order valence-electron chi connectivity index (χ2n) is 9.33. The maximum absolute atomic E-state index is 13.7. The van der Waals surface area contributed by atoms with Crippen molar-refractivity contribution >= 4 is 16.9 Å². The van der Waals surface area contributed by atoms with Crippen LogP contribution in [0.3, 0.4) is 0 Å². The van der Waals surface area contributed by atoms with Gasteiger partial charge in [0.1, 0.15) is 11.5 Å². The molecule has 0 radical (unpaired) electrons. The molecule has 38 heavy (non-hydrogen) atoms. The van der Waals surface area contributed by atoms with Gasteiger partial charge in [0, 0.05) is 64.6 Å². The number of ether oxygens (including phenoxy) is 3. The molecule has 1 aliphatic rings. The van der Waals surface area contributed by atoms with E-state index < -0.39 is 0 Å². The molecular weight excluding hydrogens is 484 g/mol. The minimum absolute atomic E-state index is 0.0384. The quantitative estimate of drug-likeness (QED) is 0.387. The van der Waals surface area contributed by atoms with Crippen molar-refractivity contribution in [2.75, 3.05) is 53.1 Å². The van der Waals surface area contributed by atoms with Crippen LogP contribution in [0.4, 0.5) is 4.79 Å². The summed E-state index contributed by atoms with van der Waals surface area (Å²) in [6.45, 7) is 8.73. The molecule has 1 fully saturated rings. The Balaban J connectivity index is 1.60. The second kappa shape index (κ2) is 13.4. The number of urea groups is 1. The van der Waals surface area contributed by atoms with E-state index in [1.807, 2.05) is 73.3 Å².